The molecule has 1 aromatic heterocycles. The van der Waals surface area contributed by atoms with Gasteiger partial charge < -0.3 is 4.74 Å². The zero-order valence-corrected chi connectivity index (χ0v) is 14.7. The predicted octanol–water partition coefficient (Wildman–Crippen LogP) is 4.72. The van der Waals surface area contributed by atoms with E-state index < -0.39 is 0 Å². The van der Waals surface area contributed by atoms with Crippen molar-refractivity contribution in [1.29, 1.82) is 0 Å². The lowest BCUT2D eigenvalue weighted by Gasteiger charge is -2.26. The number of halogens is 1. The molecule has 0 bridgehead atoms. The summed E-state index contributed by atoms with van der Waals surface area (Å²) in [5.41, 5.74) is 1.39. The second-order valence-corrected chi connectivity index (χ2v) is 7.73. The summed E-state index contributed by atoms with van der Waals surface area (Å²) in [7, 11) is 0. The first-order chi connectivity index (χ1) is 9.95. The Balaban J connectivity index is 1.89. The van der Waals surface area contributed by atoms with Gasteiger partial charge >= 0.3 is 5.97 Å². The van der Waals surface area contributed by atoms with Crippen LogP contribution in [0.3, 0.4) is 0 Å². The first-order valence-electron chi connectivity index (χ1n) is 6.60. The van der Waals surface area contributed by atoms with Crippen LogP contribution in [-0.4, -0.2) is 11.9 Å². The van der Waals surface area contributed by atoms with Gasteiger partial charge in [-0.15, -0.1) is 11.3 Å². The molecule has 108 valence electrons. The van der Waals surface area contributed by atoms with E-state index in [9.17, 15) is 4.79 Å². The molecule has 1 aromatic rings. The highest BCUT2D eigenvalue weighted by Crippen LogP contribution is 2.40. The molecule has 0 saturated carbocycles. The van der Waals surface area contributed by atoms with E-state index in [4.69, 9.17) is 4.74 Å². The lowest BCUT2D eigenvalue weighted by atomic mass is 9.84. The molecular formula is C16H14INO2S. The number of cyclic esters (lactones) is 1. The van der Waals surface area contributed by atoms with Crippen LogP contribution in [-0.2, 0) is 9.53 Å². The lowest BCUT2D eigenvalue weighted by Crippen LogP contribution is -2.16. The number of hydrogen-bond donors (Lipinski definition) is 0. The molecule has 3 rings (SSSR count). The summed E-state index contributed by atoms with van der Waals surface area (Å²) in [5, 5.41) is 1.97. The molecule has 0 amide bonds. The topological polar surface area (TPSA) is 38.7 Å². The Hall–Kier alpha value is -1.21. The Morgan fingerprint density at radius 3 is 2.95 bits per heavy atom. The van der Waals surface area contributed by atoms with Gasteiger partial charge in [0.2, 0.25) is 5.90 Å². The number of carbonyl (C=O) groups excluding carboxylic acids is 1. The van der Waals surface area contributed by atoms with Crippen LogP contribution in [0.5, 0.6) is 0 Å². The normalized spacial score (nSPS) is 22.7. The van der Waals surface area contributed by atoms with E-state index >= 15 is 0 Å². The van der Waals surface area contributed by atoms with Crippen molar-refractivity contribution >= 4 is 51.9 Å². The van der Waals surface area contributed by atoms with Gasteiger partial charge in [-0.1, -0.05) is 26.0 Å². The summed E-state index contributed by atoms with van der Waals surface area (Å²) >= 11 is 3.91. The van der Waals surface area contributed by atoms with E-state index in [1.165, 1.54) is 3.58 Å². The maximum Gasteiger partial charge on any atom is 0.363 e. The van der Waals surface area contributed by atoms with Crippen LogP contribution >= 0.6 is 33.9 Å². The molecule has 0 N–H and O–H groups in total. The number of thiophene rings is 1. The SMILES string of the molecule is CC1(C)CC=C(C2=N/C(=C\c3cccs3)C(=O)O2)C=C1I. The molecule has 0 spiro atoms. The Bertz CT molecular complexity index is 709. The van der Waals surface area contributed by atoms with Gasteiger partial charge in [-0.2, -0.15) is 0 Å². The minimum absolute atomic E-state index is 0.142. The maximum atomic E-state index is 11.9. The Morgan fingerprint density at radius 1 is 1.48 bits per heavy atom. The quantitative estimate of drug-likeness (QED) is 0.401. The van der Waals surface area contributed by atoms with Crippen molar-refractivity contribution in [1.82, 2.24) is 0 Å². The van der Waals surface area contributed by atoms with Crippen LogP contribution in [0.25, 0.3) is 6.08 Å². The van der Waals surface area contributed by atoms with Crippen molar-refractivity contribution in [3.05, 3.63) is 49.4 Å². The van der Waals surface area contributed by atoms with Crippen LogP contribution in [0.4, 0.5) is 0 Å². The summed E-state index contributed by atoms with van der Waals surface area (Å²) in [5.74, 6) is 0.0278. The zero-order chi connectivity index (χ0) is 15.0. The largest absolute Gasteiger partial charge is 0.402 e. The van der Waals surface area contributed by atoms with Crippen LogP contribution in [0, 0.1) is 5.41 Å². The maximum absolute atomic E-state index is 11.9. The molecule has 0 atom stereocenters. The number of esters is 1. The number of ether oxygens (including phenoxy) is 1. The molecule has 21 heavy (non-hydrogen) atoms. The van der Waals surface area contributed by atoms with Crippen LogP contribution in [0.15, 0.2) is 49.5 Å². The molecule has 1 aliphatic heterocycles. The summed E-state index contributed by atoms with van der Waals surface area (Å²) < 4.78 is 6.55. The van der Waals surface area contributed by atoms with Gasteiger partial charge in [0.25, 0.3) is 0 Å². The Kier molecular flexibility index (Phi) is 3.88. The molecule has 0 saturated heterocycles. The number of nitrogens with zero attached hydrogens (tertiary/aromatic N) is 1. The molecule has 0 radical (unpaired) electrons. The number of carbonyl (C=O) groups is 1. The third kappa shape index (κ3) is 3.03. The molecule has 1 aliphatic carbocycles. The highest BCUT2D eigenvalue weighted by Gasteiger charge is 2.30. The molecule has 2 heterocycles. The fourth-order valence-electron chi connectivity index (χ4n) is 2.04. The van der Waals surface area contributed by atoms with E-state index in [2.05, 4.69) is 47.5 Å². The van der Waals surface area contributed by atoms with Gasteiger partial charge in [0.15, 0.2) is 5.70 Å². The van der Waals surface area contributed by atoms with Crippen molar-refractivity contribution < 1.29 is 9.53 Å². The average molecular weight is 411 g/mol. The molecular weight excluding hydrogens is 397 g/mol. The van der Waals surface area contributed by atoms with Gasteiger partial charge in [0.1, 0.15) is 0 Å². The Labute approximate surface area is 141 Å². The summed E-state index contributed by atoms with van der Waals surface area (Å²) in [6.45, 7) is 4.40. The summed E-state index contributed by atoms with van der Waals surface area (Å²) in [6.07, 6.45) is 6.81. The highest BCUT2D eigenvalue weighted by molar-refractivity contribution is 14.1. The standard InChI is InChI=1S/C16H14INO2S/c1-16(2)6-5-10(8-13(16)17)14-18-12(15(19)20-14)9-11-4-3-7-21-11/h3-5,7-9H,6H2,1-2H3/b12-9-. The van der Waals surface area contributed by atoms with E-state index in [0.717, 1.165) is 16.9 Å². The highest BCUT2D eigenvalue weighted by atomic mass is 127. The summed E-state index contributed by atoms with van der Waals surface area (Å²) in [6, 6.07) is 3.89. The fraction of sp³-hybridized carbons (Fsp3) is 0.250. The van der Waals surface area contributed by atoms with E-state index in [1.54, 1.807) is 17.4 Å². The smallest absolute Gasteiger partial charge is 0.363 e. The van der Waals surface area contributed by atoms with Gasteiger partial charge in [-0.25, -0.2) is 9.79 Å². The fourth-order valence-corrected chi connectivity index (χ4v) is 3.25. The molecule has 2 aliphatic rings. The predicted molar refractivity (Wildman–Crippen MR) is 94.4 cm³/mol. The molecule has 0 unspecified atom stereocenters. The van der Waals surface area contributed by atoms with Crippen LogP contribution in [0.1, 0.15) is 25.1 Å². The first-order valence-corrected chi connectivity index (χ1v) is 8.56. The average Bonchev–Trinajstić information content (AvgIpc) is 3.04. The number of hydrogen-bond acceptors (Lipinski definition) is 4. The van der Waals surface area contributed by atoms with Crippen LogP contribution < -0.4 is 0 Å². The van der Waals surface area contributed by atoms with E-state index in [0.29, 0.717) is 11.6 Å². The van der Waals surface area contributed by atoms with Crippen molar-refractivity contribution in [2.45, 2.75) is 20.3 Å². The minimum Gasteiger partial charge on any atom is -0.402 e. The van der Waals surface area contributed by atoms with Crippen molar-refractivity contribution in [3.63, 3.8) is 0 Å². The van der Waals surface area contributed by atoms with Crippen LogP contribution in [0.2, 0.25) is 0 Å². The third-order valence-electron chi connectivity index (χ3n) is 3.45. The molecule has 5 heteroatoms. The molecule has 0 fully saturated rings. The zero-order valence-electron chi connectivity index (χ0n) is 11.7. The van der Waals surface area contributed by atoms with E-state index in [-0.39, 0.29) is 11.4 Å². The lowest BCUT2D eigenvalue weighted by molar-refractivity contribution is -0.129. The van der Waals surface area contributed by atoms with Gasteiger partial charge in [-0.05, 0) is 61.6 Å². The number of aliphatic imine (C=N–C) groups is 1. The van der Waals surface area contributed by atoms with Gasteiger partial charge in [0, 0.05) is 10.5 Å². The van der Waals surface area contributed by atoms with E-state index in [1.807, 2.05) is 23.6 Å². The van der Waals surface area contributed by atoms with Crippen molar-refractivity contribution in [2.75, 3.05) is 0 Å². The minimum atomic E-state index is -0.382. The van der Waals surface area contributed by atoms with Gasteiger partial charge in [0.05, 0.1) is 0 Å². The number of allylic oxidation sites excluding steroid dienone is 2. The summed E-state index contributed by atoms with van der Waals surface area (Å²) in [4.78, 5) is 17.3. The monoisotopic (exact) mass is 411 g/mol. The second-order valence-electron chi connectivity index (χ2n) is 5.59. The molecule has 3 nitrogen and oxygen atoms in total. The van der Waals surface area contributed by atoms with Gasteiger partial charge in [-0.3, -0.25) is 0 Å². The Morgan fingerprint density at radius 2 is 2.29 bits per heavy atom. The third-order valence-corrected chi connectivity index (χ3v) is 6.04. The molecule has 0 aromatic carbocycles. The van der Waals surface area contributed by atoms with Crippen molar-refractivity contribution in [2.24, 2.45) is 10.4 Å². The first kappa shape index (κ1) is 14.7. The second kappa shape index (κ2) is 5.53. The van der Waals surface area contributed by atoms with Crippen molar-refractivity contribution in [3.8, 4) is 0 Å². The number of rotatable bonds is 2.